The number of rotatable bonds is 6. The number of nitrogens with zero attached hydrogens (tertiary/aromatic N) is 2. The van der Waals surface area contributed by atoms with E-state index >= 15 is 0 Å². The monoisotopic (exact) mass is 356 g/mol. The van der Waals surface area contributed by atoms with Crippen LogP contribution in [-0.2, 0) is 14.8 Å². The summed E-state index contributed by atoms with van der Waals surface area (Å²) in [5.74, 6) is 0.185. The van der Waals surface area contributed by atoms with Gasteiger partial charge in [0.2, 0.25) is 15.9 Å². The molecule has 1 fully saturated rings. The standard InChI is InChI=1S/C17H25FN2O3S/c1-14-5-3-11-19(13-14)17(21)6-4-12-20(24(2,22)23)16-9-7-15(18)8-10-16/h7-10,14H,3-6,11-13H2,1-2H3/t14-/m1/s1. The zero-order valence-electron chi connectivity index (χ0n) is 14.2. The molecule has 0 saturated carbocycles. The predicted octanol–water partition coefficient (Wildman–Crippen LogP) is 2.63. The molecule has 1 aliphatic heterocycles. The molecule has 0 radical (unpaired) electrons. The Balaban J connectivity index is 1.94. The summed E-state index contributed by atoms with van der Waals surface area (Å²) >= 11 is 0. The topological polar surface area (TPSA) is 57.7 Å². The third-order valence-electron chi connectivity index (χ3n) is 4.28. The maximum atomic E-state index is 13.0. The molecular weight excluding hydrogens is 331 g/mol. The van der Waals surface area contributed by atoms with Crippen molar-refractivity contribution >= 4 is 21.6 Å². The Morgan fingerprint density at radius 2 is 2.00 bits per heavy atom. The molecule has 5 nitrogen and oxygen atoms in total. The summed E-state index contributed by atoms with van der Waals surface area (Å²) in [5, 5.41) is 0. The highest BCUT2D eigenvalue weighted by Gasteiger charge is 2.22. The summed E-state index contributed by atoms with van der Waals surface area (Å²) in [4.78, 5) is 14.1. The Bertz CT molecular complexity index is 661. The first-order valence-electron chi connectivity index (χ1n) is 8.28. The highest BCUT2D eigenvalue weighted by atomic mass is 32.2. The van der Waals surface area contributed by atoms with Crippen molar-refractivity contribution in [1.29, 1.82) is 0 Å². The van der Waals surface area contributed by atoms with Gasteiger partial charge in [0, 0.05) is 26.1 Å². The minimum Gasteiger partial charge on any atom is -0.342 e. The molecule has 1 aromatic rings. The first-order valence-corrected chi connectivity index (χ1v) is 10.1. The van der Waals surface area contributed by atoms with Crippen LogP contribution in [0.15, 0.2) is 24.3 Å². The van der Waals surface area contributed by atoms with Crippen LogP contribution in [0.2, 0.25) is 0 Å². The molecule has 1 amide bonds. The molecule has 0 aromatic heterocycles. The van der Waals surface area contributed by atoms with Crippen LogP contribution < -0.4 is 4.31 Å². The Morgan fingerprint density at radius 3 is 2.58 bits per heavy atom. The number of anilines is 1. The second kappa shape index (κ2) is 7.96. The second-order valence-electron chi connectivity index (χ2n) is 6.50. The number of piperidine rings is 1. The van der Waals surface area contributed by atoms with E-state index in [1.165, 1.54) is 28.6 Å². The van der Waals surface area contributed by atoms with Crippen molar-refractivity contribution < 1.29 is 17.6 Å². The molecule has 134 valence electrons. The summed E-state index contributed by atoms with van der Waals surface area (Å²) in [5.41, 5.74) is 0.415. The number of hydrogen-bond donors (Lipinski definition) is 0. The molecule has 7 heteroatoms. The number of halogens is 1. The van der Waals surface area contributed by atoms with Gasteiger partial charge in [0.25, 0.3) is 0 Å². The third kappa shape index (κ3) is 5.19. The zero-order valence-corrected chi connectivity index (χ0v) is 15.1. The van der Waals surface area contributed by atoms with E-state index in [1.807, 2.05) is 4.90 Å². The SMILES string of the molecule is C[C@@H]1CCCN(C(=O)CCCN(c2ccc(F)cc2)S(C)(=O)=O)C1. The van der Waals surface area contributed by atoms with Gasteiger partial charge in [-0.05, 0) is 49.4 Å². The Hall–Kier alpha value is -1.63. The van der Waals surface area contributed by atoms with E-state index in [1.54, 1.807) is 0 Å². The Morgan fingerprint density at radius 1 is 1.33 bits per heavy atom. The van der Waals surface area contributed by atoms with Gasteiger partial charge in [-0.2, -0.15) is 0 Å². The van der Waals surface area contributed by atoms with Crippen molar-refractivity contribution in [3.05, 3.63) is 30.1 Å². The van der Waals surface area contributed by atoms with Gasteiger partial charge in [-0.15, -0.1) is 0 Å². The molecule has 1 atom stereocenters. The smallest absolute Gasteiger partial charge is 0.232 e. The summed E-state index contributed by atoms with van der Waals surface area (Å²) in [6.07, 6.45) is 4.05. The van der Waals surface area contributed by atoms with Gasteiger partial charge in [0.05, 0.1) is 11.9 Å². The first kappa shape index (κ1) is 18.7. The van der Waals surface area contributed by atoms with Crippen molar-refractivity contribution in [2.24, 2.45) is 5.92 Å². The highest BCUT2D eigenvalue weighted by molar-refractivity contribution is 7.92. The summed E-state index contributed by atoms with van der Waals surface area (Å²) < 4.78 is 38.2. The number of carbonyl (C=O) groups is 1. The van der Waals surface area contributed by atoms with Gasteiger partial charge >= 0.3 is 0 Å². The number of likely N-dealkylation sites (tertiary alicyclic amines) is 1. The van der Waals surface area contributed by atoms with Gasteiger partial charge in [0.15, 0.2) is 0 Å². The largest absolute Gasteiger partial charge is 0.342 e. The Kier molecular flexibility index (Phi) is 6.21. The molecule has 2 rings (SSSR count). The van der Waals surface area contributed by atoms with E-state index in [4.69, 9.17) is 0 Å². The van der Waals surface area contributed by atoms with E-state index in [0.29, 0.717) is 24.4 Å². The number of sulfonamides is 1. The van der Waals surface area contributed by atoms with Gasteiger partial charge < -0.3 is 4.90 Å². The average Bonchev–Trinajstić information content (AvgIpc) is 2.51. The van der Waals surface area contributed by atoms with Crippen LogP contribution >= 0.6 is 0 Å². The van der Waals surface area contributed by atoms with Gasteiger partial charge in [-0.1, -0.05) is 6.92 Å². The number of carbonyl (C=O) groups excluding carboxylic acids is 1. The molecule has 1 aliphatic rings. The molecule has 1 aromatic carbocycles. The maximum absolute atomic E-state index is 13.0. The molecule has 0 spiro atoms. The Labute approximate surface area is 143 Å². The summed E-state index contributed by atoms with van der Waals surface area (Å²) in [6, 6.07) is 5.33. The molecule has 1 heterocycles. The van der Waals surface area contributed by atoms with Gasteiger partial charge in [-0.3, -0.25) is 9.10 Å². The fourth-order valence-corrected chi connectivity index (χ4v) is 4.01. The fraction of sp³-hybridized carbons (Fsp3) is 0.588. The molecule has 24 heavy (non-hydrogen) atoms. The van der Waals surface area contributed by atoms with E-state index < -0.39 is 15.8 Å². The normalized spacial score (nSPS) is 18.5. The molecule has 0 N–H and O–H groups in total. The highest BCUT2D eigenvalue weighted by Crippen LogP contribution is 2.20. The van der Waals surface area contributed by atoms with E-state index in [-0.39, 0.29) is 12.5 Å². The van der Waals surface area contributed by atoms with Crippen molar-refractivity contribution in [2.45, 2.75) is 32.6 Å². The van der Waals surface area contributed by atoms with Crippen LogP contribution in [0, 0.1) is 11.7 Å². The predicted molar refractivity (Wildman–Crippen MR) is 92.8 cm³/mol. The van der Waals surface area contributed by atoms with E-state index in [2.05, 4.69) is 6.92 Å². The lowest BCUT2D eigenvalue weighted by molar-refractivity contribution is -0.132. The van der Waals surface area contributed by atoms with Gasteiger partial charge in [0.1, 0.15) is 5.82 Å². The first-order chi connectivity index (χ1) is 11.3. The molecule has 1 saturated heterocycles. The van der Waals surface area contributed by atoms with Crippen LogP contribution in [-0.4, -0.2) is 45.1 Å². The summed E-state index contributed by atoms with van der Waals surface area (Å²) in [6.45, 7) is 3.92. The van der Waals surface area contributed by atoms with Crippen LogP contribution in [0.4, 0.5) is 10.1 Å². The zero-order chi connectivity index (χ0) is 17.7. The molecular formula is C17H25FN2O3S. The third-order valence-corrected chi connectivity index (χ3v) is 5.47. The number of amides is 1. The summed E-state index contributed by atoms with van der Waals surface area (Å²) in [7, 11) is -3.48. The van der Waals surface area contributed by atoms with Crippen LogP contribution in [0.3, 0.4) is 0 Å². The second-order valence-corrected chi connectivity index (χ2v) is 8.41. The van der Waals surface area contributed by atoms with Crippen LogP contribution in [0.25, 0.3) is 0 Å². The van der Waals surface area contributed by atoms with Crippen molar-refractivity contribution in [3.8, 4) is 0 Å². The average molecular weight is 356 g/mol. The fourth-order valence-electron chi connectivity index (χ4n) is 3.04. The molecule has 0 bridgehead atoms. The lowest BCUT2D eigenvalue weighted by Crippen LogP contribution is -2.39. The molecule has 0 aliphatic carbocycles. The molecule has 0 unspecified atom stereocenters. The van der Waals surface area contributed by atoms with Crippen LogP contribution in [0.1, 0.15) is 32.6 Å². The minimum absolute atomic E-state index is 0.0779. The van der Waals surface area contributed by atoms with Crippen molar-refractivity contribution in [1.82, 2.24) is 4.90 Å². The van der Waals surface area contributed by atoms with Crippen LogP contribution in [0.5, 0.6) is 0 Å². The van der Waals surface area contributed by atoms with Gasteiger partial charge in [-0.25, -0.2) is 12.8 Å². The van der Waals surface area contributed by atoms with Crippen molar-refractivity contribution in [2.75, 3.05) is 30.2 Å². The number of hydrogen-bond acceptors (Lipinski definition) is 3. The quantitative estimate of drug-likeness (QED) is 0.787. The minimum atomic E-state index is -3.48. The maximum Gasteiger partial charge on any atom is 0.232 e. The lowest BCUT2D eigenvalue weighted by atomic mass is 10.00. The lowest BCUT2D eigenvalue weighted by Gasteiger charge is -2.31. The van der Waals surface area contributed by atoms with Crippen molar-refractivity contribution in [3.63, 3.8) is 0 Å². The number of benzene rings is 1. The van der Waals surface area contributed by atoms with E-state index in [9.17, 15) is 17.6 Å². The van der Waals surface area contributed by atoms with E-state index in [0.717, 1.165) is 32.2 Å².